The standard InChI is InChI=1S/C10H16O5Si/c1-2-3-9(11)15-8-4-5-13-10(12)7(8)6-14-16/h2-6H2,1,16H3. The number of hydrogen-bond donors (Lipinski definition) is 0. The minimum Gasteiger partial charge on any atom is -0.462 e. The van der Waals surface area contributed by atoms with E-state index in [4.69, 9.17) is 13.9 Å². The maximum Gasteiger partial charge on any atom is 0.339 e. The minimum atomic E-state index is -0.443. The van der Waals surface area contributed by atoms with E-state index >= 15 is 0 Å². The highest BCUT2D eigenvalue weighted by atomic mass is 28.2. The second kappa shape index (κ2) is 6.44. The number of esters is 2. The van der Waals surface area contributed by atoms with Gasteiger partial charge >= 0.3 is 11.9 Å². The Balaban J connectivity index is 2.74. The van der Waals surface area contributed by atoms with Crippen molar-refractivity contribution < 1.29 is 23.5 Å². The van der Waals surface area contributed by atoms with E-state index in [1.807, 2.05) is 6.92 Å². The molecule has 1 aliphatic rings. The van der Waals surface area contributed by atoms with E-state index in [0.717, 1.165) is 6.42 Å². The molecule has 6 heteroatoms. The summed E-state index contributed by atoms with van der Waals surface area (Å²) < 4.78 is 15.0. The summed E-state index contributed by atoms with van der Waals surface area (Å²) in [5, 5.41) is 0. The summed E-state index contributed by atoms with van der Waals surface area (Å²) in [4.78, 5) is 22.7. The number of cyclic esters (lactones) is 1. The van der Waals surface area contributed by atoms with Crippen LogP contribution in [0.3, 0.4) is 0 Å². The molecule has 0 saturated carbocycles. The Labute approximate surface area is 97.3 Å². The van der Waals surface area contributed by atoms with Crippen molar-refractivity contribution in [3.63, 3.8) is 0 Å². The summed E-state index contributed by atoms with van der Waals surface area (Å²) in [7, 11) is 0.523. The van der Waals surface area contributed by atoms with Gasteiger partial charge in [-0.25, -0.2) is 4.79 Å². The van der Waals surface area contributed by atoms with Gasteiger partial charge in [-0.3, -0.25) is 4.79 Å². The average Bonchev–Trinajstić information content (AvgIpc) is 2.23. The predicted molar refractivity (Wildman–Crippen MR) is 59.5 cm³/mol. The van der Waals surface area contributed by atoms with E-state index in [9.17, 15) is 9.59 Å². The van der Waals surface area contributed by atoms with Gasteiger partial charge in [-0.15, -0.1) is 0 Å². The van der Waals surface area contributed by atoms with Gasteiger partial charge in [0.1, 0.15) is 16.2 Å². The maximum atomic E-state index is 11.4. The Kier molecular flexibility index (Phi) is 5.20. The zero-order valence-electron chi connectivity index (χ0n) is 9.58. The Bertz CT molecular complexity index is 310. The molecule has 16 heavy (non-hydrogen) atoms. The Morgan fingerprint density at radius 1 is 1.56 bits per heavy atom. The van der Waals surface area contributed by atoms with E-state index in [1.165, 1.54) is 0 Å². The molecule has 1 heterocycles. The van der Waals surface area contributed by atoms with Crippen molar-refractivity contribution >= 4 is 22.4 Å². The number of carbonyl (C=O) groups excluding carboxylic acids is 2. The van der Waals surface area contributed by atoms with Crippen LogP contribution in [-0.4, -0.2) is 35.6 Å². The molecule has 0 amide bonds. The lowest BCUT2D eigenvalue weighted by molar-refractivity contribution is -0.144. The molecule has 90 valence electrons. The second-order valence-corrected chi connectivity index (χ2v) is 4.02. The van der Waals surface area contributed by atoms with Gasteiger partial charge in [0.2, 0.25) is 0 Å². The van der Waals surface area contributed by atoms with E-state index < -0.39 is 5.97 Å². The summed E-state index contributed by atoms with van der Waals surface area (Å²) in [6, 6.07) is 0. The summed E-state index contributed by atoms with van der Waals surface area (Å²) in [5.41, 5.74) is 0.339. The predicted octanol–water partition coefficient (Wildman–Crippen LogP) is -0.172. The first-order valence-corrected chi connectivity index (χ1v) is 6.09. The molecule has 5 nitrogen and oxygen atoms in total. The Morgan fingerprint density at radius 3 is 2.94 bits per heavy atom. The molecule has 0 atom stereocenters. The van der Waals surface area contributed by atoms with Gasteiger partial charge in [-0.05, 0) is 6.42 Å². The first-order valence-electron chi connectivity index (χ1n) is 5.27. The van der Waals surface area contributed by atoms with Crippen LogP contribution >= 0.6 is 0 Å². The zero-order chi connectivity index (χ0) is 12.0. The van der Waals surface area contributed by atoms with Gasteiger partial charge in [0.05, 0.1) is 18.8 Å². The quantitative estimate of drug-likeness (QED) is 0.496. The van der Waals surface area contributed by atoms with E-state index in [2.05, 4.69) is 0 Å². The first-order chi connectivity index (χ1) is 7.69. The van der Waals surface area contributed by atoms with Crippen LogP contribution in [0, 0.1) is 0 Å². The third kappa shape index (κ3) is 3.46. The normalized spacial score (nSPS) is 16.2. The number of carbonyl (C=O) groups is 2. The van der Waals surface area contributed by atoms with E-state index in [0.29, 0.717) is 34.7 Å². The molecule has 0 radical (unpaired) electrons. The van der Waals surface area contributed by atoms with Gasteiger partial charge < -0.3 is 13.9 Å². The van der Waals surface area contributed by atoms with Crippen molar-refractivity contribution in [2.75, 3.05) is 13.2 Å². The minimum absolute atomic E-state index is 0.166. The smallest absolute Gasteiger partial charge is 0.339 e. The van der Waals surface area contributed by atoms with Crippen molar-refractivity contribution in [1.82, 2.24) is 0 Å². The van der Waals surface area contributed by atoms with Crippen LogP contribution in [0.4, 0.5) is 0 Å². The molecule has 0 N–H and O–H groups in total. The van der Waals surface area contributed by atoms with Crippen LogP contribution in [0.25, 0.3) is 0 Å². The summed E-state index contributed by atoms with van der Waals surface area (Å²) >= 11 is 0. The fourth-order valence-electron chi connectivity index (χ4n) is 1.38. The van der Waals surface area contributed by atoms with E-state index in [-0.39, 0.29) is 19.2 Å². The molecule has 0 fully saturated rings. The zero-order valence-corrected chi connectivity index (χ0v) is 11.6. The number of hydrogen-bond acceptors (Lipinski definition) is 5. The van der Waals surface area contributed by atoms with Gasteiger partial charge in [-0.2, -0.15) is 0 Å². The monoisotopic (exact) mass is 244 g/mol. The molecular weight excluding hydrogens is 228 g/mol. The summed E-state index contributed by atoms with van der Waals surface area (Å²) in [6.07, 6.45) is 1.53. The third-order valence-electron chi connectivity index (χ3n) is 2.13. The molecule has 0 aromatic heterocycles. The second-order valence-electron chi connectivity index (χ2n) is 3.44. The van der Waals surface area contributed by atoms with Crippen LogP contribution in [0.1, 0.15) is 26.2 Å². The van der Waals surface area contributed by atoms with Crippen molar-refractivity contribution in [2.24, 2.45) is 0 Å². The highest BCUT2D eigenvalue weighted by Gasteiger charge is 2.24. The van der Waals surface area contributed by atoms with Crippen LogP contribution in [-0.2, 0) is 23.5 Å². The fourth-order valence-corrected chi connectivity index (χ4v) is 1.67. The molecule has 0 aromatic carbocycles. The topological polar surface area (TPSA) is 61.8 Å². The molecular formula is C10H16O5Si. The highest BCUT2D eigenvalue weighted by molar-refractivity contribution is 5.99. The van der Waals surface area contributed by atoms with Gasteiger partial charge in [0.15, 0.2) is 0 Å². The summed E-state index contributed by atoms with van der Waals surface area (Å²) in [5.74, 6) is -0.343. The molecule has 0 bridgehead atoms. The van der Waals surface area contributed by atoms with Crippen LogP contribution in [0.2, 0.25) is 0 Å². The summed E-state index contributed by atoms with van der Waals surface area (Å²) in [6.45, 7) is 2.32. The SMILES string of the molecule is CCCC(=O)OC1=C(CO[SiH3])C(=O)OCC1. The molecule has 0 unspecified atom stereocenters. The molecule has 1 aliphatic heterocycles. The Morgan fingerprint density at radius 2 is 2.31 bits per heavy atom. The lowest BCUT2D eigenvalue weighted by Crippen LogP contribution is -2.23. The van der Waals surface area contributed by atoms with Crippen molar-refractivity contribution in [3.05, 3.63) is 11.3 Å². The molecule has 0 saturated heterocycles. The number of rotatable bonds is 5. The Hall–Kier alpha value is -1.14. The molecule has 0 spiro atoms. The highest BCUT2D eigenvalue weighted by Crippen LogP contribution is 2.19. The number of ether oxygens (including phenoxy) is 2. The van der Waals surface area contributed by atoms with E-state index in [1.54, 1.807) is 0 Å². The van der Waals surface area contributed by atoms with Crippen molar-refractivity contribution in [2.45, 2.75) is 26.2 Å². The average molecular weight is 244 g/mol. The van der Waals surface area contributed by atoms with Crippen LogP contribution in [0.15, 0.2) is 11.3 Å². The maximum absolute atomic E-state index is 11.4. The van der Waals surface area contributed by atoms with Gasteiger partial charge in [0, 0.05) is 12.8 Å². The lowest BCUT2D eigenvalue weighted by atomic mass is 10.1. The van der Waals surface area contributed by atoms with Crippen molar-refractivity contribution in [1.29, 1.82) is 0 Å². The molecule has 0 aromatic rings. The van der Waals surface area contributed by atoms with Gasteiger partial charge in [-0.1, -0.05) is 6.92 Å². The lowest BCUT2D eigenvalue weighted by Gasteiger charge is -2.18. The first kappa shape index (κ1) is 12.9. The third-order valence-corrected chi connectivity index (χ3v) is 2.41. The fraction of sp³-hybridized carbons (Fsp3) is 0.600. The molecule has 1 rings (SSSR count). The molecule has 0 aliphatic carbocycles. The van der Waals surface area contributed by atoms with Crippen molar-refractivity contribution in [3.8, 4) is 0 Å². The van der Waals surface area contributed by atoms with Gasteiger partial charge in [0.25, 0.3) is 0 Å². The van der Waals surface area contributed by atoms with Crippen LogP contribution in [0.5, 0.6) is 0 Å². The largest absolute Gasteiger partial charge is 0.462 e. The van der Waals surface area contributed by atoms with Crippen LogP contribution < -0.4 is 0 Å².